The van der Waals surface area contributed by atoms with Gasteiger partial charge in [0, 0.05) is 19.1 Å². The third-order valence-electron chi connectivity index (χ3n) is 5.62. The van der Waals surface area contributed by atoms with Crippen molar-refractivity contribution in [3.05, 3.63) is 27.7 Å². The molecule has 2 aliphatic rings. The van der Waals surface area contributed by atoms with Crippen molar-refractivity contribution in [2.75, 3.05) is 32.9 Å². The molecule has 1 saturated heterocycles. The molecule has 1 amide bonds. The van der Waals surface area contributed by atoms with E-state index in [0.717, 1.165) is 31.7 Å². The number of ether oxygens (including phenoxy) is 2. The van der Waals surface area contributed by atoms with Gasteiger partial charge in [-0.15, -0.1) is 0 Å². The smallest absolute Gasteiger partial charge is 0.340 e. The zero-order valence-electron chi connectivity index (χ0n) is 17.2. The molecule has 8 nitrogen and oxygen atoms in total. The Morgan fingerprint density at radius 1 is 1.16 bits per heavy atom. The van der Waals surface area contributed by atoms with Gasteiger partial charge in [0.2, 0.25) is 10.0 Å². The molecule has 2 fully saturated rings. The van der Waals surface area contributed by atoms with E-state index in [1.807, 2.05) is 0 Å². The highest BCUT2D eigenvalue weighted by atomic mass is 35.5. The number of sulfonamides is 1. The summed E-state index contributed by atoms with van der Waals surface area (Å²) in [4.78, 5) is 24.5. The van der Waals surface area contributed by atoms with Crippen molar-refractivity contribution in [3.8, 4) is 0 Å². The molecule has 0 radical (unpaired) electrons. The lowest BCUT2D eigenvalue weighted by atomic mass is 9.86. The summed E-state index contributed by atoms with van der Waals surface area (Å²) in [5.41, 5.74) is -0.170. The Morgan fingerprint density at radius 2 is 1.84 bits per heavy atom. The normalized spacial score (nSPS) is 22.7. The number of morpholine rings is 1. The van der Waals surface area contributed by atoms with Crippen molar-refractivity contribution in [2.45, 2.75) is 43.5 Å². The molecule has 1 N–H and O–H groups in total. The summed E-state index contributed by atoms with van der Waals surface area (Å²) in [6, 6.07) is 2.35. The molecular weight excluding hydrogens is 467 g/mol. The number of amides is 1. The highest BCUT2D eigenvalue weighted by Gasteiger charge is 2.30. The van der Waals surface area contributed by atoms with Crippen LogP contribution in [0.25, 0.3) is 0 Å². The number of benzene rings is 1. The van der Waals surface area contributed by atoms with E-state index in [-0.39, 0.29) is 52.8 Å². The van der Waals surface area contributed by atoms with Gasteiger partial charge in [-0.05, 0) is 30.9 Å². The number of carbonyl (C=O) groups excluding carboxylic acids is 2. The third-order valence-corrected chi connectivity index (χ3v) is 8.30. The molecule has 11 heteroatoms. The van der Waals surface area contributed by atoms with Crippen LogP contribution in [0.15, 0.2) is 17.0 Å². The second-order valence-electron chi connectivity index (χ2n) is 7.79. The van der Waals surface area contributed by atoms with Gasteiger partial charge in [-0.1, -0.05) is 43.0 Å². The number of rotatable bonds is 6. The molecule has 0 bridgehead atoms. The number of hydrogen-bond acceptors (Lipinski definition) is 6. The zero-order valence-corrected chi connectivity index (χ0v) is 19.6. The number of carbonyl (C=O) groups is 2. The molecule has 31 heavy (non-hydrogen) atoms. The first-order valence-corrected chi connectivity index (χ1v) is 12.4. The lowest BCUT2D eigenvalue weighted by molar-refractivity contribution is -0.125. The van der Waals surface area contributed by atoms with Crippen molar-refractivity contribution in [1.82, 2.24) is 9.62 Å². The predicted molar refractivity (Wildman–Crippen MR) is 116 cm³/mol. The fraction of sp³-hybridized carbons (Fsp3) is 0.600. The van der Waals surface area contributed by atoms with Gasteiger partial charge in [-0.3, -0.25) is 4.79 Å². The molecule has 172 valence electrons. The van der Waals surface area contributed by atoms with Crippen LogP contribution in [0.5, 0.6) is 0 Å². The van der Waals surface area contributed by atoms with Gasteiger partial charge in [0.15, 0.2) is 6.61 Å². The first-order valence-electron chi connectivity index (χ1n) is 10.2. The fourth-order valence-electron chi connectivity index (χ4n) is 3.80. The summed E-state index contributed by atoms with van der Waals surface area (Å²) in [6.07, 6.45) is 4.14. The summed E-state index contributed by atoms with van der Waals surface area (Å²) < 4.78 is 37.4. The van der Waals surface area contributed by atoms with Gasteiger partial charge in [-0.25, -0.2) is 13.2 Å². The molecule has 1 heterocycles. The second kappa shape index (κ2) is 10.5. The number of halogens is 2. The van der Waals surface area contributed by atoms with Gasteiger partial charge < -0.3 is 14.8 Å². The van der Waals surface area contributed by atoms with Crippen molar-refractivity contribution < 1.29 is 27.5 Å². The standard InChI is InChI=1S/C20H26Cl2N2O6S/c1-13-4-2-3-5-17(13)23-19(25)12-30-20(26)14-10-18(16(22)11-15(14)21)31(27,28)24-6-8-29-9-7-24/h10-11,13,17H,2-9,12H2,1H3,(H,23,25)/t13-,17+/m1/s1. The Hall–Kier alpha value is -1.39. The van der Waals surface area contributed by atoms with Crippen LogP contribution >= 0.6 is 23.2 Å². The Kier molecular flexibility index (Phi) is 8.20. The van der Waals surface area contributed by atoms with Gasteiger partial charge >= 0.3 is 5.97 Å². The molecule has 1 aliphatic carbocycles. The van der Waals surface area contributed by atoms with Crippen molar-refractivity contribution >= 4 is 45.1 Å². The fourth-order valence-corrected chi connectivity index (χ4v) is 6.03. The molecule has 1 aromatic carbocycles. The minimum atomic E-state index is -3.95. The SMILES string of the molecule is C[C@@H]1CCCC[C@@H]1NC(=O)COC(=O)c1cc(S(=O)(=O)N2CCOCC2)c(Cl)cc1Cl. The van der Waals surface area contributed by atoms with Crippen LogP contribution in [-0.2, 0) is 24.3 Å². The van der Waals surface area contributed by atoms with Crippen molar-refractivity contribution in [1.29, 1.82) is 0 Å². The van der Waals surface area contributed by atoms with E-state index in [0.29, 0.717) is 5.92 Å². The van der Waals surface area contributed by atoms with E-state index in [4.69, 9.17) is 32.7 Å². The van der Waals surface area contributed by atoms with Crippen LogP contribution in [0.3, 0.4) is 0 Å². The molecule has 0 spiro atoms. The first kappa shape index (κ1) is 24.3. The Labute approximate surface area is 192 Å². The summed E-state index contributed by atoms with van der Waals surface area (Å²) >= 11 is 12.2. The van der Waals surface area contributed by atoms with Crippen LogP contribution in [0.4, 0.5) is 0 Å². The molecule has 2 atom stereocenters. The van der Waals surface area contributed by atoms with E-state index >= 15 is 0 Å². The van der Waals surface area contributed by atoms with Gasteiger partial charge in [0.1, 0.15) is 4.90 Å². The maximum atomic E-state index is 12.9. The highest BCUT2D eigenvalue weighted by Crippen LogP contribution is 2.31. The Morgan fingerprint density at radius 3 is 2.52 bits per heavy atom. The minimum absolute atomic E-state index is 0.0581. The number of nitrogens with one attached hydrogen (secondary N) is 1. The summed E-state index contributed by atoms with van der Waals surface area (Å²) in [5.74, 6) is -0.933. The summed E-state index contributed by atoms with van der Waals surface area (Å²) in [6.45, 7) is 2.51. The van der Waals surface area contributed by atoms with Crippen LogP contribution in [0, 0.1) is 5.92 Å². The first-order chi connectivity index (χ1) is 14.7. The predicted octanol–water partition coefficient (Wildman–Crippen LogP) is 2.87. The molecule has 0 aromatic heterocycles. The molecule has 1 aromatic rings. The van der Waals surface area contributed by atoms with E-state index in [9.17, 15) is 18.0 Å². The Balaban J connectivity index is 1.69. The van der Waals surface area contributed by atoms with Crippen LogP contribution in [0.1, 0.15) is 43.0 Å². The van der Waals surface area contributed by atoms with Gasteiger partial charge in [0.25, 0.3) is 5.91 Å². The summed E-state index contributed by atoms with van der Waals surface area (Å²) in [7, 11) is -3.95. The van der Waals surface area contributed by atoms with Crippen LogP contribution < -0.4 is 5.32 Å². The monoisotopic (exact) mass is 492 g/mol. The van der Waals surface area contributed by atoms with E-state index in [1.54, 1.807) is 0 Å². The van der Waals surface area contributed by atoms with Gasteiger partial charge in [0.05, 0.1) is 28.8 Å². The zero-order chi connectivity index (χ0) is 22.6. The lowest BCUT2D eigenvalue weighted by Gasteiger charge is -2.29. The van der Waals surface area contributed by atoms with E-state index < -0.39 is 28.5 Å². The molecule has 1 aliphatic heterocycles. The number of esters is 1. The largest absolute Gasteiger partial charge is 0.452 e. The average molecular weight is 493 g/mol. The lowest BCUT2D eigenvalue weighted by Crippen LogP contribution is -2.42. The minimum Gasteiger partial charge on any atom is -0.452 e. The van der Waals surface area contributed by atoms with E-state index in [1.165, 1.54) is 10.4 Å². The second-order valence-corrected chi connectivity index (χ2v) is 10.5. The maximum Gasteiger partial charge on any atom is 0.340 e. The topological polar surface area (TPSA) is 102 Å². The van der Waals surface area contributed by atoms with Crippen LogP contribution in [0.2, 0.25) is 10.0 Å². The molecule has 3 rings (SSSR count). The summed E-state index contributed by atoms with van der Waals surface area (Å²) in [5, 5.41) is 2.74. The van der Waals surface area contributed by atoms with Gasteiger partial charge in [-0.2, -0.15) is 4.31 Å². The van der Waals surface area contributed by atoms with E-state index in [2.05, 4.69) is 12.2 Å². The average Bonchev–Trinajstić information content (AvgIpc) is 2.74. The molecular formula is C20H26Cl2N2O6S. The number of nitrogens with zero attached hydrogens (tertiary/aromatic N) is 1. The van der Waals surface area contributed by atoms with Crippen molar-refractivity contribution in [3.63, 3.8) is 0 Å². The maximum absolute atomic E-state index is 12.9. The molecule has 0 unspecified atom stereocenters. The van der Waals surface area contributed by atoms with Crippen LogP contribution in [-0.4, -0.2) is 63.6 Å². The highest BCUT2D eigenvalue weighted by molar-refractivity contribution is 7.89. The third kappa shape index (κ3) is 5.90. The Bertz CT molecular complexity index is 934. The molecule has 1 saturated carbocycles. The van der Waals surface area contributed by atoms with Crippen molar-refractivity contribution in [2.24, 2.45) is 5.92 Å². The number of hydrogen-bond donors (Lipinski definition) is 1. The quantitative estimate of drug-likeness (QED) is 0.612.